The van der Waals surface area contributed by atoms with Crippen LogP contribution in [0, 0.1) is 0 Å². The zero-order valence-electron chi connectivity index (χ0n) is 18.5. The number of rotatable bonds is 7. The van der Waals surface area contributed by atoms with Gasteiger partial charge in [-0.1, -0.05) is 36.4 Å². The van der Waals surface area contributed by atoms with Gasteiger partial charge in [0.2, 0.25) is 0 Å². The highest BCUT2D eigenvalue weighted by Crippen LogP contribution is 2.34. The van der Waals surface area contributed by atoms with Crippen molar-refractivity contribution in [2.75, 3.05) is 0 Å². The predicted molar refractivity (Wildman–Crippen MR) is 129 cm³/mol. The van der Waals surface area contributed by atoms with Crippen molar-refractivity contribution in [2.45, 2.75) is 26.6 Å². The van der Waals surface area contributed by atoms with E-state index in [0.717, 1.165) is 39.3 Å². The molecule has 0 aliphatic carbocycles. The SMILES string of the molecule is CC(C)Oc1ccc(OCc2ccccc2)cc1-c1nc2cc(-c3cccnc3)cnc2[nH]1. The lowest BCUT2D eigenvalue weighted by atomic mass is 10.1. The van der Waals surface area contributed by atoms with Crippen molar-refractivity contribution in [2.24, 2.45) is 0 Å². The second-order valence-corrected chi connectivity index (χ2v) is 8.02. The minimum atomic E-state index is 0.0273. The highest BCUT2D eigenvalue weighted by atomic mass is 16.5. The molecule has 0 saturated heterocycles. The average molecular weight is 437 g/mol. The molecule has 6 nitrogen and oxygen atoms in total. The van der Waals surface area contributed by atoms with Crippen LogP contribution in [0.3, 0.4) is 0 Å². The maximum Gasteiger partial charge on any atom is 0.157 e. The second-order valence-electron chi connectivity index (χ2n) is 8.02. The molecule has 0 spiro atoms. The third-order valence-corrected chi connectivity index (χ3v) is 5.15. The molecule has 0 radical (unpaired) electrons. The van der Waals surface area contributed by atoms with Crippen LogP contribution in [0.15, 0.2) is 85.3 Å². The van der Waals surface area contributed by atoms with E-state index >= 15 is 0 Å². The molecule has 0 unspecified atom stereocenters. The first-order valence-electron chi connectivity index (χ1n) is 10.9. The molecule has 5 aromatic rings. The molecule has 0 saturated carbocycles. The summed E-state index contributed by atoms with van der Waals surface area (Å²) < 4.78 is 12.1. The Morgan fingerprint density at radius 3 is 2.58 bits per heavy atom. The van der Waals surface area contributed by atoms with Gasteiger partial charge in [-0.3, -0.25) is 4.98 Å². The van der Waals surface area contributed by atoms with E-state index in [4.69, 9.17) is 14.5 Å². The Hall–Kier alpha value is -4.19. The summed E-state index contributed by atoms with van der Waals surface area (Å²) in [5, 5.41) is 0. The van der Waals surface area contributed by atoms with Gasteiger partial charge in [-0.2, -0.15) is 0 Å². The van der Waals surface area contributed by atoms with E-state index in [0.29, 0.717) is 18.1 Å². The van der Waals surface area contributed by atoms with Crippen molar-refractivity contribution in [1.82, 2.24) is 19.9 Å². The molecule has 0 amide bonds. The van der Waals surface area contributed by atoms with Gasteiger partial charge in [-0.25, -0.2) is 9.97 Å². The first-order chi connectivity index (χ1) is 16.2. The number of hydrogen-bond acceptors (Lipinski definition) is 5. The Bertz CT molecular complexity index is 1370. The highest BCUT2D eigenvalue weighted by Gasteiger charge is 2.15. The molecular weight excluding hydrogens is 412 g/mol. The number of ether oxygens (including phenoxy) is 2. The topological polar surface area (TPSA) is 72.9 Å². The van der Waals surface area contributed by atoms with Crippen molar-refractivity contribution >= 4 is 11.2 Å². The lowest BCUT2D eigenvalue weighted by molar-refractivity contribution is 0.242. The van der Waals surface area contributed by atoms with E-state index in [9.17, 15) is 0 Å². The van der Waals surface area contributed by atoms with Crippen molar-refractivity contribution in [3.05, 3.63) is 90.9 Å². The number of H-pyrrole nitrogens is 1. The summed E-state index contributed by atoms with van der Waals surface area (Å²) in [5.41, 5.74) is 5.39. The fraction of sp³-hybridized carbons (Fsp3) is 0.148. The quantitative estimate of drug-likeness (QED) is 0.336. The molecule has 3 heterocycles. The molecule has 0 bridgehead atoms. The number of pyridine rings is 2. The fourth-order valence-corrected chi connectivity index (χ4v) is 3.60. The molecule has 2 aromatic carbocycles. The van der Waals surface area contributed by atoms with Crippen LogP contribution in [0.2, 0.25) is 0 Å². The summed E-state index contributed by atoms with van der Waals surface area (Å²) >= 11 is 0. The molecule has 0 aliphatic heterocycles. The van der Waals surface area contributed by atoms with Gasteiger partial charge < -0.3 is 14.5 Å². The number of fused-ring (bicyclic) bond motifs is 1. The molecular formula is C27H24N4O2. The number of nitrogens with zero attached hydrogens (tertiary/aromatic N) is 3. The number of nitrogens with one attached hydrogen (secondary N) is 1. The molecule has 33 heavy (non-hydrogen) atoms. The van der Waals surface area contributed by atoms with E-state index < -0.39 is 0 Å². The van der Waals surface area contributed by atoms with Crippen molar-refractivity contribution in [1.29, 1.82) is 0 Å². The molecule has 0 aliphatic rings. The van der Waals surface area contributed by atoms with Gasteiger partial charge in [-0.05, 0) is 49.7 Å². The van der Waals surface area contributed by atoms with Crippen LogP contribution in [-0.4, -0.2) is 26.0 Å². The van der Waals surface area contributed by atoms with Crippen LogP contribution in [0.5, 0.6) is 11.5 Å². The lowest BCUT2D eigenvalue weighted by Gasteiger charge is -2.15. The van der Waals surface area contributed by atoms with E-state index in [1.807, 2.05) is 93.0 Å². The van der Waals surface area contributed by atoms with Gasteiger partial charge >= 0.3 is 0 Å². The van der Waals surface area contributed by atoms with Gasteiger partial charge in [0, 0.05) is 29.7 Å². The summed E-state index contributed by atoms with van der Waals surface area (Å²) in [4.78, 5) is 16.9. The highest BCUT2D eigenvalue weighted by molar-refractivity contribution is 5.82. The van der Waals surface area contributed by atoms with Crippen LogP contribution in [0.4, 0.5) is 0 Å². The van der Waals surface area contributed by atoms with E-state index in [-0.39, 0.29) is 6.10 Å². The molecule has 1 N–H and O–H groups in total. The van der Waals surface area contributed by atoms with Crippen LogP contribution < -0.4 is 9.47 Å². The maximum atomic E-state index is 6.06. The van der Waals surface area contributed by atoms with Crippen molar-refractivity contribution in [3.63, 3.8) is 0 Å². The minimum absolute atomic E-state index is 0.0273. The minimum Gasteiger partial charge on any atom is -0.490 e. The Balaban J connectivity index is 1.50. The number of aromatic nitrogens is 4. The summed E-state index contributed by atoms with van der Waals surface area (Å²) in [6.45, 7) is 4.49. The summed E-state index contributed by atoms with van der Waals surface area (Å²) in [7, 11) is 0. The zero-order chi connectivity index (χ0) is 22.6. The van der Waals surface area contributed by atoms with Gasteiger partial charge in [0.05, 0.1) is 11.7 Å². The standard InChI is InChI=1S/C27H24N4O2/c1-18(2)33-25-11-10-22(32-17-19-7-4-3-5-8-19)14-23(25)26-30-24-13-21(16-29-27(24)31-26)20-9-6-12-28-15-20/h3-16,18H,17H2,1-2H3,(H,29,30,31). The normalized spacial score (nSPS) is 11.1. The third-order valence-electron chi connectivity index (χ3n) is 5.15. The first-order valence-corrected chi connectivity index (χ1v) is 10.9. The number of benzene rings is 2. The Morgan fingerprint density at radius 2 is 1.79 bits per heavy atom. The van der Waals surface area contributed by atoms with Crippen molar-refractivity contribution in [3.8, 4) is 34.0 Å². The van der Waals surface area contributed by atoms with Crippen LogP contribution in [0.25, 0.3) is 33.7 Å². The Labute approximate surface area is 192 Å². The Morgan fingerprint density at radius 1 is 0.909 bits per heavy atom. The molecule has 5 rings (SSSR count). The fourth-order valence-electron chi connectivity index (χ4n) is 3.60. The predicted octanol–water partition coefficient (Wildman–Crippen LogP) is 6.05. The van der Waals surface area contributed by atoms with E-state index in [2.05, 4.69) is 15.0 Å². The zero-order valence-corrected chi connectivity index (χ0v) is 18.5. The molecule has 0 atom stereocenters. The summed E-state index contributed by atoms with van der Waals surface area (Å²) in [6, 6.07) is 21.8. The lowest BCUT2D eigenvalue weighted by Crippen LogP contribution is -2.07. The number of hydrogen-bond donors (Lipinski definition) is 1. The van der Waals surface area contributed by atoms with Gasteiger partial charge in [0.15, 0.2) is 5.65 Å². The largest absolute Gasteiger partial charge is 0.490 e. The first kappa shape index (κ1) is 20.7. The van der Waals surface area contributed by atoms with Gasteiger partial charge in [-0.15, -0.1) is 0 Å². The summed E-state index contributed by atoms with van der Waals surface area (Å²) in [6.07, 6.45) is 5.43. The third kappa shape index (κ3) is 4.70. The van der Waals surface area contributed by atoms with Gasteiger partial charge in [0.1, 0.15) is 29.4 Å². The smallest absolute Gasteiger partial charge is 0.157 e. The van der Waals surface area contributed by atoms with Crippen LogP contribution in [0.1, 0.15) is 19.4 Å². The number of imidazole rings is 1. The van der Waals surface area contributed by atoms with Crippen LogP contribution in [-0.2, 0) is 6.61 Å². The molecule has 6 heteroatoms. The van der Waals surface area contributed by atoms with E-state index in [1.165, 1.54) is 0 Å². The molecule has 0 fully saturated rings. The van der Waals surface area contributed by atoms with E-state index in [1.54, 1.807) is 6.20 Å². The number of aromatic amines is 1. The van der Waals surface area contributed by atoms with Crippen LogP contribution >= 0.6 is 0 Å². The van der Waals surface area contributed by atoms with Crippen molar-refractivity contribution < 1.29 is 9.47 Å². The Kier molecular flexibility index (Phi) is 5.72. The average Bonchev–Trinajstić information content (AvgIpc) is 3.27. The van der Waals surface area contributed by atoms with Gasteiger partial charge in [0.25, 0.3) is 0 Å². The maximum absolute atomic E-state index is 6.06. The summed E-state index contributed by atoms with van der Waals surface area (Å²) in [5.74, 6) is 2.17. The monoisotopic (exact) mass is 436 g/mol. The second kappa shape index (κ2) is 9.12. The molecule has 3 aromatic heterocycles. The molecule has 164 valence electrons.